The molecule has 0 bridgehead atoms. The van der Waals surface area contributed by atoms with Crippen LogP contribution in [-0.4, -0.2) is 52.7 Å². The van der Waals surface area contributed by atoms with Crippen molar-refractivity contribution in [3.05, 3.63) is 59.7 Å². The molecule has 0 N–H and O–H groups in total. The summed E-state index contributed by atoms with van der Waals surface area (Å²) in [6.07, 6.45) is -0.358. The molecule has 0 aromatic heterocycles. The molecule has 2 rings (SSSR count). The highest BCUT2D eigenvalue weighted by Crippen LogP contribution is 2.36. The van der Waals surface area contributed by atoms with Gasteiger partial charge in [-0.1, -0.05) is 45.0 Å². The van der Waals surface area contributed by atoms with Crippen LogP contribution in [-0.2, 0) is 27.0 Å². The van der Waals surface area contributed by atoms with Gasteiger partial charge in [-0.05, 0) is 53.5 Å². The first-order valence-electron chi connectivity index (χ1n) is 11.7. The Morgan fingerprint density at radius 1 is 0.882 bits per heavy atom. The van der Waals surface area contributed by atoms with Crippen molar-refractivity contribution in [2.24, 2.45) is 0 Å². The molecule has 0 aliphatic heterocycles. The number of hydrogen-bond donors (Lipinski definition) is 0. The van der Waals surface area contributed by atoms with E-state index < -0.39 is 8.32 Å². The van der Waals surface area contributed by atoms with Crippen molar-refractivity contribution in [2.75, 3.05) is 27.4 Å². The molecule has 188 valence electrons. The predicted octanol–water partition coefficient (Wildman–Crippen LogP) is 5.66. The van der Waals surface area contributed by atoms with Crippen LogP contribution in [0.4, 0.5) is 0 Å². The molecule has 1 atom stereocenters. The third-order valence-corrected chi connectivity index (χ3v) is 10.9. The van der Waals surface area contributed by atoms with Crippen LogP contribution in [0.2, 0.25) is 18.1 Å². The molecular formula is C27H41NO5Si. The van der Waals surface area contributed by atoms with Crippen molar-refractivity contribution in [3.63, 3.8) is 0 Å². The largest absolute Gasteiger partial charge is 0.497 e. The number of methoxy groups -OCH3 is 2. The van der Waals surface area contributed by atoms with Crippen molar-refractivity contribution < 1.29 is 23.4 Å². The molecule has 2 aromatic rings. The summed E-state index contributed by atoms with van der Waals surface area (Å²) in [7, 11) is 1.35. The number of carbonyl (C=O) groups is 1. The summed E-state index contributed by atoms with van der Waals surface area (Å²) in [5.41, 5.74) is 2.31. The number of nitrogens with zero attached hydrogens (tertiary/aromatic N) is 1. The molecule has 0 amide bonds. The first-order valence-corrected chi connectivity index (χ1v) is 14.6. The highest BCUT2D eigenvalue weighted by molar-refractivity contribution is 6.74. The maximum atomic E-state index is 11.9. The molecule has 7 heteroatoms. The Kier molecular flexibility index (Phi) is 10.2. The zero-order valence-corrected chi connectivity index (χ0v) is 23.0. The van der Waals surface area contributed by atoms with E-state index >= 15 is 0 Å². The molecule has 1 unspecified atom stereocenters. The maximum Gasteiger partial charge on any atom is 0.303 e. The molecule has 0 aliphatic carbocycles. The summed E-state index contributed by atoms with van der Waals surface area (Å²) < 4.78 is 22.7. The van der Waals surface area contributed by atoms with Gasteiger partial charge < -0.3 is 18.6 Å². The van der Waals surface area contributed by atoms with Crippen molar-refractivity contribution in [1.29, 1.82) is 0 Å². The van der Waals surface area contributed by atoms with Gasteiger partial charge in [0.15, 0.2) is 8.32 Å². The second-order valence-electron chi connectivity index (χ2n) is 10.2. The fourth-order valence-electron chi connectivity index (χ4n) is 3.33. The lowest BCUT2D eigenvalue weighted by Gasteiger charge is -2.37. The van der Waals surface area contributed by atoms with E-state index in [9.17, 15) is 4.79 Å². The van der Waals surface area contributed by atoms with Crippen LogP contribution in [0.5, 0.6) is 11.5 Å². The van der Waals surface area contributed by atoms with Gasteiger partial charge in [-0.25, -0.2) is 0 Å². The average molecular weight is 488 g/mol. The Morgan fingerprint density at radius 2 is 1.32 bits per heavy atom. The number of benzene rings is 2. The summed E-state index contributed by atoms with van der Waals surface area (Å²) in [5, 5.41) is 0.0830. The fraction of sp³-hybridized carbons (Fsp3) is 0.519. The number of carbonyl (C=O) groups excluding carboxylic acids is 1. The van der Waals surface area contributed by atoms with Crippen LogP contribution in [0.1, 0.15) is 38.8 Å². The SMILES string of the molecule is COc1ccc(CN(Cc2ccc(OC)cc2)CC(CO[Si](C)(C)C(C)(C)C)OC(C)=O)cc1. The Morgan fingerprint density at radius 3 is 1.68 bits per heavy atom. The Bertz CT molecular complexity index is 841. The predicted molar refractivity (Wildman–Crippen MR) is 139 cm³/mol. The maximum absolute atomic E-state index is 11.9. The van der Waals surface area contributed by atoms with Crippen LogP contribution in [0, 0.1) is 0 Å². The third kappa shape index (κ3) is 8.78. The van der Waals surface area contributed by atoms with Gasteiger partial charge in [0.1, 0.15) is 17.6 Å². The van der Waals surface area contributed by atoms with E-state index in [-0.39, 0.29) is 17.1 Å². The van der Waals surface area contributed by atoms with Crippen LogP contribution in [0.25, 0.3) is 0 Å². The second kappa shape index (κ2) is 12.4. The molecule has 0 saturated carbocycles. The molecule has 0 saturated heterocycles. The van der Waals surface area contributed by atoms with Crippen LogP contribution < -0.4 is 9.47 Å². The summed E-state index contributed by atoms with van der Waals surface area (Å²) in [6, 6.07) is 16.1. The van der Waals surface area contributed by atoms with E-state index in [1.54, 1.807) is 14.2 Å². The minimum atomic E-state index is -1.98. The first-order chi connectivity index (χ1) is 15.9. The normalized spacial score (nSPS) is 13.0. The molecule has 0 radical (unpaired) electrons. The summed E-state index contributed by atoms with van der Waals surface area (Å²) in [6.45, 7) is 14.9. The summed E-state index contributed by atoms with van der Waals surface area (Å²) in [5.74, 6) is 1.36. The van der Waals surface area contributed by atoms with Gasteiger partial charge in [-0.3, -0.25) is 9.69 Å². The molecule has 0 spiro atoms. The van der Waals surface area contributed by atoms with Crippen molar-refractivity contribution in [1.82, 2.24) is 4.90 Å². The molecular weight excluding hydrogens is 446 g/mol. The molecule has 0 aliphatic rings. The van der Waals surface area contributed by atoms with Crippen LogP contribution in [0.3, 0.4) is 0 Å². The third-order valence-electron chi connectivity index (χ3n) is 6.36. The molecule has 0 fully saturated rings. The zero-order valence-electron chi connectivity index (χ0n) is 22.0. The van der Waals surface area contributed by atoms with E-state index in [0.717, 1.165) is 22.6 Å². The Balaban J connectivity index is 2.21. The lowest BCUT2D eigenvalue weighted by Crippen LogP contribution is -2.45. The molecule has 0 heterocycles. The highest BCUT2D eigenvalue weighted by atomic mass is 28.4. The van der Waals surface area contributed by atoms with Crippen LogP contribution >= 0.6 is 0 Å². The van der Waals surface area contributed by atoms with Gasteiger partial charge in [0, 0.05) is 26.6 Å². The van der Waals surface area contributed by atoms with Gasteiger partial charge in [-0.15, -0.1) is 0 Å². The van der Waals surface area contributed by atoms with E-state index in [0.29, 0.717) is 26.2 Å². The Labute approximate surface area is 206 Å². The average Bonchev–Trinajstić information content (AvgIpc) is 2.77. The highest BCUT2D eigenvalue weighted by Gasteiger charge is 2.38. The van der Waals surface area contributed by atoms with E-state index in [4.69, 9.17) is 18.6 Å². The topological polar surface area (TPSA) is 57.2 Å². The van der Waals surface area contributed by atoms with E-state index in [2.05, 4.69) is 63.0 Å². The minimum Gasteiger partial charge on any atom is -0.497 e. The smallest absolute Gasteiger partial charge is 0.303 e. The van der Waals surface area contributed by atoms with Gasteiger partial charge >= 0.3 is 5.97 Å². The van der Waals surface area contributed by atoms with Crippen molar-refractivity contribution in [3.8, 4) is 11.5 Å². The number of hydrogen-bond acceptors (Lipinski definition) is 6. The Hall–Kier alpha value is -2.35. The summed E-state index contributed by atoms with van der Waals surface area (Å²) >= 11 is 0. The van der Waals surface area contributed by atoms with Crippen LogP contribution in [0.15, 0.2) is 48.5 Å². The first kappa shape index (κ1) is 27.9. The summed E-state index contributed by atoms with van der Waals surface area (Å²) in [4.78, 5) is 14.2. The number of rotatable bonds is 12. The lowest BCUT2D eigenvalue weighted by molar-refractivity contribution is -0.149. The minimum absolute atomic E-state index is 0.0830. The quantitative estimate of drug-likeness (QED) is 0.284. The lowest BCUT2D eigenvalue weighted by atomic mass is 10.1. The van der Waals surface area contributed by atoms with Gasteiger partial charge in [0.2, 0.25) is 0 Å². The molecule has 2 aromatic carbocycles. The van der Waals surface area contributed by atoms with Crippen molar-refractivity contribution in [2.45, 2.75) is 65.0 Å². The van der Waals surface area contributed by atoms with Gasteiger partial charge in [0.05, 0.1) is 20.8 Å². The van der Waals surface area contributed by atoms with Gasteiger partial charge in [-0.2, -0.15) is 0 Å². The fourth-order valence-corrected chi connectivity index (χ4v) is 4.36. The van der Waals surface area contributed by atoms with Crippen molar-refractivity contribution >= 4 is 14.3 Å². The number of esters is 1. The van der Waals surface area contributed by atoms with E-state index in [1.807, 2.05) is 24.3 Å². The van der Waals surface area contributed by atoms with E-state index in [1.165, 1.54) is 6.92 Å². The molecule has 34 heavy (non-hydrogen) atoms. The second-order valence-corrected chi connectivity index (χ2v) is 15.0. The zero-order chi connectivity index (χ0) is 25.4. The monoisotopic (exact) mass is 487 g/mol. The van der Waals surface area contributed by atoms with Gasteiger partial charge in [0.25, 0.3) is 0 Å². The molecule has 6 nitrogen and oxygen atoms in total. The standard InChI is InChI=1S/C27H41NO5Si/c1-21(29)33-26(20-32-34(7,8)27(2,3)4)19-28(17-22-9-13-24(30-5)14-10-22)18-23-11-15-25(31-6)16-12-23/h9-16,26H,17-20H2,1-8H3. The number of ether oxygens (including phenoxy) is 3.